The second-order valence-electron chi connectivity index (χ2n) is 5.82. The van der Waals surface area contributed by atoms with Crippen molar-refractivity contribution in [2.45, 2.75) is 51.1 Å². The minimum absolute atomic E-state index is 0.135. The SMILES string of the molecule is CCN(C1CCC(N)CC1)S(=O)(=O)CCc1ccccc1. The Morgan fingerprint density at radius 1 is 1.14 bits per heavy atom. The van der Waals surface area contributed by atoms with Crippen LogP contribution < -0.4 is 5.73 Å². The van der Waals surface area contributed by atoms with Gasteiger partial charge in [-0.05, 0) is 37.7 Å². The van der Waals surface area contributed by atoms with Gasteiger partial charge in [0, 0.05) is 18.6 Å². The summed E-state index contributed by atoms with van der Waals surface area (Å²) in [6.07, 6.45) is 4.20. The van der Waals surface area contributed by atoms with Gasteiger partial charge < -0.3 is 5.73 Å². The third-order valence-electron chi connectivity index (χ3n) is 4.31. The summed E-state index contributed by atoms with van der Waals surface area (Å²) in [4.78, 5) is 0. The first-order valence-corrected chi connectivity index (χ1v) is 9.43. The van der Waals surface area contributed by atoms with E-state index in [0.29, 0.717) is 13.0 Å². The molecule has 0 atom stereocenters. The van der Waals surface area contributed by atoms with Crippen molar-refractivity contribution in [2.24, 2.45) is 5.73 Å². The van der Waals surface area contributed by atoms with E-state index in [-0.39, 0.29) is 17.8 Å². The maximum atomic E-state index is 12.6. The summed E-state index contributed by atoms with van der Waals surface area (Å²) in [5.41, 5.74) is 6.99. The zero-order valence-electron chi connectivity index (χ0n) is 12.7. The predicted octanol–water partition coefficient (Wildman–Crippen LogP) is 2.15. The fourth-order valence-electron chi connectivity index (χ4n) is 3.08. The molecule has 21 heavy (non-hydrogen) atoms. The molecule has 1 aromatic rings. The molecule has 0 saturated heterocycles. The molecule has 0 heterocycles. The van der Waals surface area contributed by atoms with Gasteiger partial charge in [-0.15, -0.1) is 0 Å². The van der Waals surface area contributed by atoms with Crippen molar-refractivity contribution in [3.8, 4) is 0 Å². The van der Waals surface area contributed by atoms with Gasteiger partial charge in [-0.1, -0.05) is 37.3 Å². The van der Waals surface area contributed by atoms with Gasteiger partial charge in [-0.3, -0.25) is 0 Å². The average molecular weight is 310 g/mol. The molecule has 1 aliphatic carbocycles. The van der Waals surface area contributed by atoms with E-state index < -0.39 is 10.0 Å². The Bertz CT molecular complexity index is 522. The van der Waals surface area contributed by atoms with Gasteiger partial charge in [-0.2, -0.15) is 4.31 Å². The highest BCUT2D eigenvalue weighted by atomic mass is 32.2. The number of nitrogens with two attached hydrogens (primary N) is 1. The zero-order valence-corrected chi connectivity index (χ0v) is 13.6. The Hall–Kier alpha value is -0.910. The summed E-state index contributed by atoms with van der Waals surface area (Å²) in [5, 5.41) is 0. The third-order valence-corrected chi connectivity index (χ3v) is 6.30. The number of aryl methyl sites for hydroxylation is 1. The largest absolute Gasteiger partial charge is 0.328 e. The van der Waals surface area contributed by atoms with E-state index >= 15 is 0 Å². The van der Waals surface area contributed by atoms with E-state index in [4.69, 9.17) is 5.73 Å². The second kappa shape index (κ2) is 7.38. The first kappa shape index (κ1) is 16.5. The summed E-state index contributed by atoms with van der Waals surface area (Å²) in [7, 11) is -3.20. The Morgan fingerprint density at radius 2 is 1.76 bits per heavy atom. The number of nitrogens with zero attached hydrogens (tertiary/aromatic N) is 1. The quantitative estimate of drug-likeness (QED) is 0.875. The molecule has 2 N–H and O–H groups in total. The molecule has 0 bridgehead atoms. The zero-order chi connectivity index (χ0) is 15.3. The van der Waals surface area contributed by atoms with Crippen molar-refractivity contribution in [1.29, 1.82) is 0 Å². The number of sulfonamides is 1. The lowest BCUT2D eigenvalue weighted by Crippen LogP contribution is -2.45. The van der Waals surface area contributed by atoms with Crippen LogP contribution in [0.1, 0.15) is 38.2 Å². The molecule has 0 amide bonds. The summed E-state index contributed by atoms with van der Waals surface area (Å²) in [6.45, 7) is 2.48. The van der Waals surface area contributed by atoms with Crippen LogP contribution in [0.25, 0.3) is 0 Å². The van der Waals surface area contributed by atoms with Crippen LogP contribution >= 0.6 is 0 Å². The summed E-state index contributed by atoms with van der Waals surface area (Å²) in [5.74, 6) is 0.188. The minimum atomic E-state index is -3.20. The number of hydrogen-bond acceptors (Lipinski definition) is 3. The molecule has 1 fully saturated rings. The van der Waals surface area contributed by atoms with E-state index in [9.17, 15) is 8.42 Å². The number of hydrogen-bond donors (Lipinski definition) is 1. The van der Waals surface area contributed by atoms with Gasteiger partial charge in [0.1, 0.15) is 0 Å². The standard InChI is InChI=1S/C16H26N2O2S/c1-2-18(16-10-8-15(17)9-11-16)21(19,20)13-12-14-6-4-3-5-7-14/h3-7,15-16H,2,8-13,17H2,1H3. The summed E-state index contributed by atoms with van der Waals surface area (Å²) < 4.78 is 26.9. The van der Waals surface area contributed by atoms with Gasteiger partial charge >= 0.3 is 0 Å². The van der Waals surface area contributed by atoms with E-state index in [2.05, 4.69) is 0 Å². The lowest BCUT2D eigenvalue weighted by molar-refractivity contribution is 0.247. The van der Waals surface area contributed by atoms with Crippen molar-refractivity contribution in [3.05, 3.63) is 35.9 Å². The van der Waals surface area contributed by atoms with Crippen molar-refractivity contribution >= 4 is 10.0 Å². The van der Waals surface area contributed by atoms with Crippen LogP contribution in [-0.4, -0.2) is 37.1 Å². The molecular formula is C16H26N2O2S. The van der Waals surface area contributed by atoms with Crippen LogP contribution in [0.15, 0.2) is 30.3 Å². The maximum absolute atomic E-state index is 12.6. The van der Waals surface area contributed by atoms with Crippen LogP contribution in [0, 0.1) is 0 Å². The minimum Gasteiger partial charge on any atom is -0.328 e. The molecule has 0 aliphatic heterocycles. The molecular weight excluding hydrogens is 284 g/mol. The van der Waals surface area contributed by atoms with E-state index in [0.717, 1.165) is 31.2 Å². The Kier molecular flexibility index (Phi) is 5.79. The van der Waals surface area contributed by atoms with Crippen LogP contribution in [0.4, 0.5) is 0 Å². The summed E-state index contributed by atoms with van der Waals surface area (Å²) >= 11 is 0. The van der Waals surface area contributed by atoms with Gasteiger partial charge in [-0.25, -0.2) is 8.42 Å². The molecule has 2 rings (SSSR count). The molecule has 1 aliphatic rings. The monoisotopic (exact) mass is 310 g/mol. The highest BCUT2D eigenvalue weighted by Crippen LogP contribution is 2.24. The molecule has 1 aromatic carbocycles. The molecule has 0 spiro atoms. The Labute approximate surface area is 128 Å². The Morgan fingerprint density at radius 3 is 2.33 bits per heavy atom. The average Bonchev–Trinajstić information content (AvgIpc) is 2.49. The van der Waals surface area contributed by atoms with Gasteiger partial charge in [0.25, 0.3) is 0 Å². The third kappa shape index (κ3) is 4.53. The molecule has 5 heteroatoms. The predicted molar refractivity (Wildman–Crippen MR) is 86.5 cm³/mol. The first-order valence-electron chi connectivity index (χ1n) is 7.82. The van der Waals surface area contributed by atoms with Gasteiger partial charge in [0.15, 0.2) is 0 Å². The van der Waals surface area contributed by atoms with Crippen molar-refractivity contribution in [2.75, 3.05) is 12.3 Å². The number of benzene rings is 1. The highest BCUT2D eigenvalue weighted by molar-refractivity contribution is 7.89. The van der Waals surface area contributed by atoms with Crippen LogP contribution in [0.3, 0.4) is 0 Å². The van der Waals surface area contributed by atoms with Gasteiger partial charge in [0.05, 0.1) is 5.75 Å². The molecule has 1 saturated carbocycles. The Balaban J connectivity index is 1.99. The van der Waals surface area contributed by atoms with Crippen molar-refractivity contribution < 1.29 is 8.42 Å². The fourth-order valence-corrected chi connectivity index (χ4v) is 4.87. The first-order chi connectivity index (χ1) is 10.0. The number of rotatable bonds is 6. The van der Waals surface area contributed by atoms with E-state index in [1.54, 1.807) is 4.31 Å². The molecule has 0 radical (unpaired) electrons. The smallest absolute Gasteiger partial charge is 0.214 e. The molecule has 0 aromatic heterocycles. The topological polar surface area (TPSA) is 63.4 Å². The lowest BCUT2D eigenvalue weighted by Gasteiger charge is -2.34. The van der Waals surface area contributed by atoms with Crippen molar-refractivity contribution in [1.82, 2.24) is 4.31 Å². The van der Waals surface area contributed by atoms with Gasteiger partial charge in [0.2, 0.25) is 10.0 Å². The fraction of sp³-hybridized carbons (Fsp3) is 0.625. The lowest BCUT2D eigenvalue weighted by atomic mass is 9.92. The molecule has 4 nitrogen and oxygen atoms in total. The highest BCUT2D eigenvalue weighted by Gasteiger charge is 2.30. The van der Waals surface area contributed by atoms with Crippen LogP contribution in [0.2, 0.25) is 0 Å². The molecule has 0 unspecified atom stereocenters. The van der Waals surface area contributed by atoms with Crippen molar-refractivity contribution in [3.63, 3.8) is 0 Å². The van der Waals surface area contributed by atoms with Crippen LogP contribution in [0.5, 0.6) is 0 Å². The van der Waals surface area contributed by atoms with E-state index in [1.165, 1.54) is 0 Å². The van der Waals surface area contributed by atoms with Crippen LogP contribution in [-0.2, 0) is 16.4 Å². The van der Waals surface area contributed by atoms with E-state index in [1.807, 2.05) is 37.3 Å². The summed E-state index contributed by atoms with van der Waals surface area (Å²) in [6, 6.07) is 10.2. The normalized spacial score (nSPS) is 23.4. The molecule has 118 valence electrons. The maximum Gasteiger partial charge on any atom is 0.214 e. The second-order valence-corrected chi connectivity index (χ2v) is 7.86.